The summed E-state index contributed by atoms with van der Waals surface area (Å²) >= 11 is 0. The summed E-state index contributed by atoms with van der Waals surface area (Å²) in [7, 11) is 0. The summed E-state index contributed by atoms with van der Waals surface area (Å²) in [5.74, 6) is 0.0822. The third-order valence-electron chi connectivity index (χ3n) is 5.76. The molecular weight excluding hydrogens is 352 g/mol. The molecule has 148 valence electrons. The SMILES string of the molecule is C[C@H](c1ccccc1)N1CCO[C@@H](c2ccc(C(=O)N3CCOCC3)cc2)C1. The second kappa shape index (κ2) is 8.86. The van der Waals surface area contributed by atoms with Gasteiger partial charge in [0.15, 0.2) is 0 Å². The number of amides is 1. The van der Waals surface area contributed by atoms with Crippen molar-refractivity contribution < 1.29 is 14.3 Å². The Labute approximate surface area is 166 Å². The lowest BCUT2D eigenvalue weighted by atomic mass is 10.0. The van der Waals surface area contributed by atoms with Gasteiger partial charge in [-0.1, -0.05) is 42.5 Å². The molecule has 4 rings (SSSR count). The Morgan fingerprint density at radius 1 is 0.964 bits per heavy atom. The van der Waals surface area contributed by atoms with Gasteiger partial charge < -0.3 is 14.4 Å². The van der Waals surface area contributed by atoms with Crippen molar-refractivity contribution in [3.63, 3.8) is 0 Å². The Morgan fingerprint density at radius 2 is 1.68 bits per heavy atom. The van der Waals surface area contributed by atoms with Gasteiger partial charge in [-0.05, 0) is 30.2 Å². The van der Waals surface area contributed by atoms with E-state index in [9.17, 15) is 4.79 Å². The number of hydrogen-bond donors (Lipinski definition) is 0. The molecule has 2 aromatic rings. The highest BCUT2D eigenvalue weighted by Crippen LogP contribution is 2.28. The van der Waals surface area contributed by atoms with Crippen molar-refractivity contribution in [2.75, 3.05) is 46.0 Å². The molecule has 2 saturated heterocycles. The number of carbonyl (C=O) groups is 1. The van der Waals surface area contributed by atoms with Gasteiger partial charge in [-0.2, -0.15) is 0 Å². The van der Waals surface area contributed by atoms with Gasteiger partial charge in [0, 0.05) is 37.8 Å². The van der Waals surface area contributed by atoms with E-state index in [2.05, 4.69) is 42.2 Å². The lowest BCUT2D eigenvalue weighted by molar-refractivity contribution is -0.0431. The van der Waals surface area contributed by atoms with Gasteiger partial charge in [-0.3, -0.25) is 9.69 Å². The minimum Gasteiger partial charge on any atom is -0.378 e. The van der Waals surface area contributed by atoms with E-state index < -0.39 is 0 Å². The molecule has 1 amide bonds. The Kier molecular flexibility index (Phi) is 6.05. The summed E-state index contributed by atoms with van der Waals surface area (Å²) in [4.78, 5) is 16.9. The average Bonchev–Trinajstić information content (AvgIpc) is 2.79. The van der Waals surface area contributed by atoms with Crippen molar-refractivity contribution >= 4 is 5.91 Å². The number of ether oxygens (including phenoxy) is 2. The largest absolute Gasteiger partial charge is 0.378 e. The molecule has 2 aliphatic heterocycles. The molecule has 5 heteroatoms. The summed E-state index contributed by atoms with van der Waals surface area (Å²) in [6, 6.07) is 18.9. The summed E-state index contributed by atoms with van der Waals surface area (Å²) in [5, 5.41) is 0. The Bertz CT molecular complexity index is 772. The molecule has 0 unspecified atom stereocenters. The fraction of sp³-hybridized carbons (Fsp3) is 0.435. The highest BCUT2D eigenvalue weighted by atomic mass is 16.5. The molecular formula is C23H28N2O3. The molecule has 0 N–H and O–H groups in total. The van der Waals surface area contributed by atoms with E-state index in [-0.39, 0.29) is 12.0 Å². The van der Waals surface area contributed by atoms with Crippen LogP contribution < -0.4 is 0 Å². The van der Waals surface area contributed by atoms with Crippen LogP contribution in [0.15, 0.2) is 54.6 Å². The normalized spacial score (nSPS) is 22.0. The fourth-order valence-electron chi connectivity index (χ4n) is 3.95. The van der Waals surface area contributed by atoms with E-state index in [1.54, 1.807) is 0 Å². The monoisotopic (exact) mass is 380 g/mol. The maximum Gasteiger partial charge on any atom is 0.254 e. The van der Waals surface area contributed by atoms with Gasteiger partial charge in [0.2, 0.25) is 0 Å². The third-order valence-corrected chi connectivity index (χ3v) is 5.76. The third kappa shape index (κ3) is 4.27. The standard InChI is InChI=1S/C23H28N2O3/c1-18(19-5-3-2-4-6-19)25-13-16-28-22(17-25)20-7-9-21(10-8-20)23(26)24-11-14-27-15-12-24/h2-10,18,22H,11-17H2,1H3/t18-,22-/m1/s1. The first-order chi connectivity index (χ1) is 13.7. The number of hydrogen-bond acceptors (Lipinski definition) is 4. The molecule has 2 atom stereocenters. The second-order valence-electron chi connectivity index (χ2n) is 7.47. The van der Waals surface area contributed by atoms with Crippen LogP contribution in [0.2, 0.25) is 0 Å². The van der Waals surface area contributed by atoms with Gasteiger partial charge in [-0.25, -0.2) is 0 Å². The quantitative estimate of drug-likeness (QED) is 0.816. The Hall–Kier alpha value is -2.21. The van der Waals surface area contributed by atoms with Gasteiger partial charge in [0.1, 0.15) is 0 Å². The molecule has 2 fully saturated rings. The van der Waals surface area contributed by atoms with Crippen LogP contribution in [0.25, 0.3) is 0 Å². The lowest BCUT2D eigenvalue weighted by Crippen LogP contribution is -2.40. The molecule has 5 nitrogen and oxygen atoms in total. The first-order valence-corrected chi connectivity index (χ1v) is 10.1. The average molecular weight is 380 g/mol. The van der Waals surface area contributed by atoms with E-state index in [0.29, 0.717) is 32.3 Å². The molecule has 0 radical (unpaired) electrons. The van der Waals surface area contributed by atoms with E-state index >= 15 is 0 Å². The van der Waals surface area contributed by atoms with Crippen molar-refractivity contribution in [1.82, 2.24) is 9.80 Å². The van der Waals surface area contributed by atoms with Crippen molar-refractivity contribution in [1.29, 1.82) is 0 Å². The van der Waals surface area contributed by atoms with Gasteiger partial charge in [0.25, 0.3) is 5.91 Å². The zero-order chi connectivity index (χ0) is 19.3. The minimum absolute atomic E-state index is 0.0347. The first kappa shape index (κ1) is 19.1. The van der Waals surface area contributed by atoms with Gasteiger partial charge in [-0.15, -0.1) is 0 Å². The number of carbonyl (C=O) groups excluding carboxylic acids is 1. The zero-order valence-corrected chi connectivity index (χ0v) is 16.4. The summed E-state index contributed by atoms with van der Waals surface area (Å²) in [5.41, 5.74) is 3.19. The number of benzene rings is 2. The molecule has 0 bridgehead atoms. The number of nitrogens with zero attached hydrogens (tertiary/aromatic N) is 2. The minimum atomic E-state index is 0.0347. The van der Waals surface area contributed by atoms with E-state index in [4.69, 9.17) is 9.47 Å². The molecule has 0 aromatic heterocycles. The molecule has 2 aliphatic rings. The van der Waals surface area contributed by atoms with E-state index in [1.807, 2.05) is 29.2 Å². The van der Waals surface area contributed by atoms with Crippen LogP contribution in [0.4, 0.5) is 0 Å². The predicted molar refractivity (Wildman–Crippen MR) is 108 cm³/mol. The summed E-state index contributed by atoms with van der Waals surface area (Å²) in [6.07, 6.45) is 0.0347. The van der Waals surface area contributed by atoms with Crippen LogP contribution in [-0.4, -0.2) is 61.7 Å². The van der Waals surface area contributed by atoms with E-state index in [0.717, 1.165) is 30.8 Å². The Balaban J connectivity index is 1.41. The van der Waals surface area contributed by atoms with Crippen LogP contribution in [0.1, 0.15) is 40.6 Å². The van der Waals surface area contributed by atoms with Crippen molar-refractivity contribution in [2.24, 2.45) is 0 Å². The van der Waals surface area contributed by atoms with Crippen LogP contribution in [0.5, 0.6) is 0 Å². The molecule has 2 aromatic carbocycles. The predicted octanol–water partition coefficient (Wildman–Crippen LogP) is 3.29. The highest BCUT2D eigenvalue weighted by molar-refractivity contribution is 5.94. The zero-order valence-electron chi connectivity index (χ0n) is 16.4. The first-order valence-electron chi connectivity index (χ1n) is 10.1. The molecule has 0 spiro atoms. The second-order valence-corrected chi connectivity index (χ2v) is 7.47. The fourth-order valence-corrected chi connectivity index (χ4v) is 3.95. The molecule has 0 aliphatic carbocycles. The smallest absolute Gasteiger partial charge is 0.254 e. The molecule has 28 heavy (non-hydrogen) atoms. The van der Waals surface area contributed by atoms with Crippen molar-refractivity contribution in [2.45, 2.75) is 19.1 Å². The summed E-state index contributed by atoms with van der Waals surface area (Å²) < 4.78 is 11.4. The van der Waals surface area contributed by atoms with Crippen molar-refractivity contribution in [3.05, 3.63) is 71.3 Å². The van der Waals surface area contributed by atoms with Crippen LogP contribution in [0, 0.1) is 0 Å². The maximum absolute atomic E-state index is 12.6. The van der Waals surface area contributed by atoms with E-state index in [1.165, 1.54) is 5.56 Å². The van der Waals surface area contributed by atoms with Crippen LogP contribution in [0.3, 0.4) is 0 Å². The van der Waals surface area contributed by atoms with Gasteiger partial charge >= 0.3 is 0 Å². The maximum atomic E-state index is 12.6. The number of rotatable bonds is 4. The topological polar surface area (TPSA) is 42.0 Å². The lowest BCUT2D eigenvalue weighted by Gasteiger charge is -2.37. The van der Waals surface area contributed by atoms with Crippen LogP contribution >= 0.6 is 0 Å². The highest BCUT2D eigenvalue weighted by Gasteiger charge is 2.26. The Morgan fingerprint density at radius 3 is 2.39 bits per heavy atom. The van der Waals surface area contributed by atoms with Crippen molar-refractivity contribution in [3.8, 4) is 0 Å². The van der Waals surface area contributed by atoms with Gasteiger partial charge in [0.05, 0.1) is 25.9 Å². The van der Waals surface area contributed by atoms with Crippen LogP contribution in [-0.2, 0) is 9.47 Å². The number of morpholine rings is 2. The summed E-state index contributed by atoms with van der Waals surface area (Å²) in [6.45, 7) is 7.33. The molecule has 0 saturated carbocycles. The molecule has 2 heterocycles.